The van der Waals surface area contributed by atoms with Crippen molar-refractivity contribution in [2.45, 2.75) is 26.1 Å². The maximum Gasteiger partial charge on any atom is 0.335 e. The zero-order chi connectivity index (χ0) is 19.9. The molecular weight excluding hydrogens is 378 g/mol. The van der Waals surface area contributed by atoms with Gasteiger partial charge in [0.25, 0.3) is 10.2 Å². The largest absolute Gasteiger partial charge is 0.373 e. The smallest absolute Gasteiger partial charge is 0.335 e. The Bertz CT molecular complexity index is 725. The van der Waals surface area contributed by atoms with E-state index < -0.39 is 28.1 Å². The van der Waals surface area contributed by atoms with E-state index in [-0.39, 0.29) is 32.0 Å². The number of piperazine rings is 1. The van der Waals surface area contributed by atoms with E-state index >= 15 is 0 Å². The highest BCUT2D eigenvalue weighted by Gasteiger charge is 2.43. The third-order valence-electron chi connectivity index (χ3n) is 4.96. The van der Waals surface area contributed by atoms with E-state index in [2.05, 4.69) is 0 Å². The topological polar surface area (TPSA) is 111 Å². The molecule has 0 saturated carbocycles. The van der Waals surface area contributed by atoms with Gasteiger partial charge < -0.3 is 4.74 Å². The molecule has 2 unspecified atom stereocenters. The number of hydrogen-bond acceptors (Lipinski definition) is 7. The minimum Gasteiger partial charge on any atom is -0.373 e. The van der Waals surface area contributed by atoms with E-state index in [9.17, 15) is 22.8 Å². The highest BCUT2D eigenvalue weighted by atomic mass is 32.2. The summed E-state index contributed by atoms with van der Waals surface area (Å²) in [6.45, 7) is 5.54. The van der Waals surface area contributed by atoms with Gasteiger partial charge in [0.15, 0.2) is 0 Å². The average Bonchev–Trinajstić information content (AvgIpc) is 2.79. The summed E-state index contributed by atoms with van der Waals surface area (Å²) in [4.78, 5) is 38.8. The van der Waals surface area contributed by atoms with Crippen LogP contribution in [0.25, 0.3) is 0 Å². The Kier molecular flexibility index (Phi) is 5.54. The number of amides is 4. The van der Waals surface area contributed by atoms with E-state index in [0.29, 0.717) is 26.2 Å². The number of hydrogen-bond donors (Lipinski definition) is 0. The van der Waals surface area contributed by atoms with Crippen molar-refractivity contribution in [1.29, 1.82) is 0 Å². The van der Waals surface area contributed by atoms with E-state index in [1.165, 1.54) is 15.7 Å². The summed E-state index contributed by atoms with van der Waals surface area (Å²) in [7, 11) is -2.33. The molecule has 3 heterocycles. The second-order valence-electron chi connectivity index (χ2n) is 7.12. The number of ether oxygens (including phenoxy) is 1. The van der Waals surface area contributed by atoms with Crippen LogP contribution in [-0.4, -0.2) is 115 Å². The molecule has 27 heavy (non-hydrogen) atoms. The highest BCUT2D eigenvalue weighted by molar-refractivity contribution is 7.86. The van der Waals surface area contributed by atoms with Gasteiger partial charge in [-0.15, -0.1) is 0 Å². The third-order valence-corrected chi connectivity index (χ3v) is 6.93. The van der Waals surface area contributed by atoms with Crippen LogP contribution < -0.4 is 0 Å². The van der Waals surface area contributed by atoms with E-state index in [0.717, 1.165) is 9.80 Å². The zero-order valence-corrected chi connectivity index (χ0v) is 16.5. The summed E-state index contributed by atoms with van der Waals surface area (Å²) in [5.41, 5.74) is 0. The number of imide groups is 2. The molecule has 0 aromatic heterocycles. The Labute approximate surface area is 158 Å². The number of morpholine rings is 1. The second kappa shape index (κ2) is 7.43. The predicted octanol–water partition coefficient (Wildman–Crippen LogP) is -1.66. The molecule has 4 amide bonds. The van der Waals surface area contributed by atoms with Crippen LogP contribution in [-0.2, 0) is 24.5 Å². The lowest BCUT2D eigenvalue weighted by molar-refractivity contribution is -0.143. The SMILES string of the molecule is CC1CN(S(=O)(=O)N2CCN(CN3C(=O)C(=O)N(C)C3=O)CC2)CC(C)O1. The molecule has 3 fully saturated rings. The molecule has 12 heteroatoms. The fourth-order valence-electron chi connectivity index (χ4n) is 3.52. The first-order chi connectivity index (χ1) is 12.6. The van der Waals surface area contributed by atoms with Crippen LogP contribution in [0.5, 0.6) is 0 Å². The van der Waals surface area contributed by atoms with Gasteiger partial charge >= 0.3 is 17.8 Å². The molecule has 152 valence electrons. The Hall–Kier alpha value is -1.60. The maximum absolute atomic E-state index is 12.9. The lowest BCUT2D eigenvalue weighted by Gasteiger charge is -2.40. The van der Waals surface area contributed by atoms with Gasteiger partial charge in [-0.05, 0) is 13.8 Å². The first kappa shape index (κ1) is 20.1. The van der Waals surface area contributed by atoms with Crippen LogP contribution in [0.4, 0.5) is 4.79 Å². The molecule has 0 aromatic rings. The molecule has 0 N–H and O–H groups in total. The molecule has 0 radical (unpaired) electrons. The van der Waals surface area contributed by atoms with E-state index in [1.54, 1.807) is 4.90 Å². The number of urea groups is 1. The summed E-state index contributed by atoms with van der Waals surface area (Å²) >= 11 is 0. The van der Waals surface area contributed by atoms with Crippen molar-refractivity contribution in [1.82, 2.24) is 23.3 Å². The van der Waals surface area contributed by atoms with Crippen molar-refractivity contribution < 1.29 is 27.5 Å². The summed E-state index contributed by atoms with van der Waals surface area (Å²) in [5, 5.41) is 0. The lowest BCUT2D eigenvalue weighted by Crippen LogP contribution is -2.58. The lowest BCUT2D eigenvalue weighted by atomic mass is 10.3. The van der Waals surface area contributed by atoms with E-state index in [1.807, 2.05) is 13.8 Å². The molecule has 3 aliphatic rings. The summed E-state index contributed by atoms with van der Waals surface area (Å²) in [6, 6.07) is -0.656. The molecule has 2 atom stereocenters. The van der Waals surface area contributed by atoms with Crippen molar-refractivity contribution in [2.24, 2.45) is 0 Å². The fourth-order valence-corrected chi connectivity index (χ4v) is 5.27. The zero-order valence-electron chi connectivity index (χ0n) is 15.7. The molecule has 11 nitrogen and oxygen atoms in total. The monoisotopic (exact) mass is 403 g/mol. The van der Waals surface area contributed by atoms with Gasteiger partial charge in [-0.3, -0.25) is 19.4 Å². The van der Waals surface area contributed by atoms with Gasteiger partial charge in [-0.2, -0.15) is 17.0 Å². The van der Waals surface area contributed by atoms with Gasteiger partial charge in [0.1, 0.15) is 0 Å². The van der Waals surface area contributed by atoms with Crippen LogP contribution in [0.1, 0.15) is 13.8 Å². The summed E-state index contributed by atoms with van der Waals surface area (Å²) in [6.07, 6.45) is -0.321. The van der Waals surface area contributed by atoms with Crippen molar-refractivity contribution >= 4 is 28.1 Å². The number of rotatable bonds is 4. The van der Waals surface area contributed by atoms with Crippen LogP contribution >= 0.6 is 0 Å². The Morgan fingerprint density at radius 3 is 1.96 bits per heavy atom. The summed E-state index contributed by atoms with van der Waals surface area (Å²) in [5.74, 6) is -1.70. The third kappa shape index (κ3) is 3.85. The van der Waals surface area contributed by atoms with Crippen LogP contribution in [0.3, 0.4) is 0 Å². The molecule has 3 aliphatic heterocycles. The molecule has 0 spiro atoms. The minimum atomic E-state index is -3.59. The average molecular weight is 403 g/mol. The predicted molar refractivity (Wildman–Crippen MR) is 93.5 cm³/mol. The molecule has 0 bridgehead atoms. The highest BCUT2D eigenvalue weighted by Crippen LogP contribution is 2.19. The van der Waals surface area contributed by atoms with Crippen LogP contribution in [0.15, 0.2) is 0 Å². The number of carbonyl (C=O) groups is 3. The first-order valence-corrected chi connectivity index (χ1v) is 10.3. The van der Waals surface area contributed by atoms with Crippen molar-refractivity contribution in [2.75, 3.05) is 53.0 Å². The molecule has 3 rings (SSSR count). The molecular formula is C15H25N5O6S. The van der Waals surface area contributed by atoms with Gasteiger partial charge in [0.05, 0.1) is 18.9 Å². The molecule has 0 aliphatic carbocycles. The number of likely N-dealkylation sites (N-methyl/N-ethyl adjacent to an activating group) is 1. The van der Waals surface area contributed by atoms with Crippen molar-refractivity contribution in [3.8, 4) is 0 Å². The Morgan fingerprint density at radius 2 is 1.48 bits per heavy atom. The second-order valence-corrected chi connectivity index (χ2v) is 9.05. The van der Waals surface area contributed by atoms with Crippen LogP contribution in [0.2, 0.25) is 0 Å². The van der Waals surface area contributed by atoms with Crippen molar-refractivity contribution in [3.05, 3.63) is 0 Å². The minimum absolute atomic E-state index is 0.0206. The molecule has 0 aromatic carbocycles. The quantitative estimate of drug-likeness (QED) is 0.408. The molecule has 3 saturated heterocycles. The number of carbonyl (C=O) groups excluding carboxylic acids is 3. The maximum atomic E-state index is 12.9. The number of nitrogens with zero attached hydrogens (tertiary/aromatic N) is 5. The standard InChI is InChI=1S/C15H25N5O6S/c1-11-8-19(9-12(2)26-11)27(24,25)18-6-4-17(5-7-18)10-20-14(22)13(21)16(3)15(20)23/h11-12H,4-10H2,1-3H3. The Balaban J connectivity index is 1.58. The summed E-state index contributed by atoms with van der Waals surface area (Å²) < 4.78 is 34.2. The van der Waals surface area contributed by atoms with Gasteiger partial charge in [-0.1, -0.05) is 0 Å². The van der Waals surface area contributed by atoms with E-state index in [4.69, 9.17) is 4.74 Å². The van der Waals surface area contributed by atoms with Gasteiger partial charge in [0.2, 0.25) is 0 Å². The normalized spacial score (nSPS) is 29.8. The fraction of sp³-hybridized carbons (Fsp3) is 0.800. The first-order valence-electron chi connectivity index (χ1n) is 8.87. The van der Waals surface area contributed by atoms with Gasteiger partial charge in [0, 0.05) is 46.3 Å². The van der Waals surface area contributed by atoms with Crippen molar-refractivity contribution in [3.63, 3.8) is 0 Å². The van der Waals surface area contributed by atoms with Gasteiger partial charge in [-0.25, -0.2) is 9.69 Å². The Morgan fingerprint density at radius 1 is 0.926 bits per heavy atom. The van der Waals surface area contributed by atoms with Crippen LogP contribution in [0, 0.1) is 0 Å².